The number of carbonyl (C=O) groups excluding carboxylic acids is 2. The minimum atomic E-state index is -0.417. The molecule has 1 aromatic heterocycles. The van der Waals surface area contributed by atoms with Crippen molar-refractivity contribution in [2.75, 3.05) is 13.1 Å². The Hall–Kier alpha value is -0.910. The quantitative estimate of drug-likeness (QED) is 0.751. The highest BCUT2D eigenvalue weighted by Gasteiger charge is 2.24. The molecule has 0 bridgehead atoms. The molecule has 19 heavy (non-hydrogen) atoms. The fourth-order valence-corrected chi connectivity index (χ4v) is 2.86. The molecular weight excluding hydrogens is 284 g/mol. The Labute approximate surface area is 122 Å². The van der Waals surface area contributed by atoms with E-state index in [9.17, 15) is 9.59 Å². The number of amides is 1. The molecule has 0 aliphatic carbocycles. The third-order valence-electron chi connectivity index (χ3n) is 2.90. The van der Waals surface area contributed by atoms with E-state index in [2.05, 4.69) is 6.92 Å². The van der Waals surface area contributed by atoms with Crippen molar-refractivity contribution in [3.05, 3.63) is 21.3 Å². The summed E-state index contributed by atoms with van der Waals surface area (Å²) >= 11 is 7.09. The lowest BCUT2D eigenvalue weighted by Gasteiger charge is -2.26. The molecule has 0 radical (unpaired) electrons. The molecule has 1 atom stereocenters. The number of unbranched alkanes of at least 4 members (excludes halogenated alkanes) is 1. The van der Waals surface area contributed by atoms with Crippen LogP contribution in [0.3, 0.4) is 0 Å². The topological polar surface area (TPSA) is 63.4 Å². The van der Waals surface area contributed by atoms with Gasteiger partial charge in [0.25, 0.3) is 0 Å². The second-order valence-electron chi connectivity index (χ2n) is 4.43. The van der Waals surface area contributed by atoms with Gasteiger partial charge in [-0.25, -0.2) is 0 Å². The van der Waals surface area contributed by atoms with Crippen LogP contribution in [-0.2, 0) is 4.79 Å². The van der Waals surface area contributed by atoms with Gasteiger partial charge in [-0.1, -0.05) is 24.9 Å². The second-order valence-corrected chi connectivity index (χ2v) is 6.15. The molecule has 1 heterocycles. The van der Waals surface area contributed by atoms with Gasteiger partial charge in [0.05, 0.1) is 21.8 Å². The molecule has 2 N–H and O–H groups in total. The highest BCUT2D eigenvalue weighted by atomic mass is 35.5. The molecule has 0 fully saturated rings. The first-order valence-electron chi connectivity index (χ1n) is 6.27. The Bertz CT molecular complexity index is 448. The van der Waals surface area contributed by atoms with Crippen molar-refractivity contribution >= 4 is 34.6 Å². The first-order valence-corrected chi connectivity index (χ1v) is 7.47. The van der Waals surface area contributed by atoms with Gasteiger partial charge >= 0.3 is 0 Å². The molecule has 0 aliphatic rings. The van der Waals surface area contributed by atoms with Gasteiger partial charge in [0.15, 0.2) is 5.78 Å². The Morgan fingerprint density at radius 2 is 2.16 bits per heavy atom. The summed E-state index contributed by atoms with van der Waals surface area (Å²) in [4.78, 5) is 25.8. The number of Topliss-reactive ketones (excluding diaryl/α,β-unsaturated/α-hetero) is 1. The number of hydrogen-bond acceptors (Lipinski definition) is 4. The summed E-state index contributed by atoms with van der Waals surface area (Å²) in [6.45, 7) is 4.65. The Balaban J connectivity index is 2.76. The van der Waals surface area contributed by atoms with Crippen LogP contribution >= 0.6 is 22.9 Å². The summed E-state index contributed by atoms with van der Waals surface area (Å²) in [6, 6.07) is 3.05. The van der Waals surface area contributed by atoms with Gasteiger partial charge in [-0.3, -0.25) is 14.5 Å². The molecular formula is C13H19ClN2O2S. The summed E-state index contributed by atoms with van der Waals surface area (Å²) in [7, 11) is 0. The average molecular weight is 303 g/mol. The van der Waals surface area contributed by atoms with Crippen molar-refractivity contribution < 1.29 is 9.59 Å². The molecule has 1 unspecified atom stereocenters. The first-order chi connectivity index (χ1) is 8.95. The highest BCUT2D eigenvalue weighted by Crippen LogP contribution is 2.23. The van der Waals surface area contributed by atoms with Crippen LogP contribution in [0.15, 0.2) is 12.1 Å². The van der Waals surface area contributed by atoms with Gasteiger partial charge in [0, 0.05) is 0 Å². The fraction of sp³-hybridized carbons (Fsp3) is 0.538. The van der Waals surface area contributed by atoms with E-state index in [0.717, 1.165) is 12.8 Å². The smallest absolute Gasteiger partial charge is 0.231 e. The molecule has 1 rings (SSSR count). The molecule has 0 spiro atoms. The van der Waals surface area contributed by atoms with Crippen molar-refractivity contribution in [1.82, 2.24) is 4.90 Å². The third kappa shape index (κ3) is 4.93. The van der Waals surface area contributed by atoms with Crippen molar-refractivity contribution in [2.45, 2.75) is 32.7 Å². The van der Waals surface area contributed by atoms with Gasteiger partial charge in [0.1, 0.15) is 0 Å². The molecule has 0 aromatic carbocycles. The Kier molecular flexibility index (Phi) is 6.48. The number of ketones is 1. The predicted molar refractivity (Wildman–Crippen MR) is 78.8 cm³/mol. The summed E-state index contributed by atoms with van der Waals surface area (Å²) in [6.07, 6.45) is 1.93. The predicted octanol–water partition coefficient (Wildman–Crippen LogP) is 2.56. The monoisotopic (exact) mass is 302 g/mol. The van der Waals surface area contributed by atoms with Gasteiger partial charge in [-0.05, 0) is 32.0 Å². The van der Waals surface area contributed by atoms with Crippen LogP contribution in [0.5, 0.6) is 0 Å². The van der Waals surface area contributed by atoms with E-state index in [-0.39, 0.29) is 18.4 Å². The van der Waals surface area contributed by atoms with Crippen LogP contribution in [0, 0.1) is 0 Å². The zero-order valence-electron chi connectivity index (χ0n) is 11.2. The lowest BCUT2D eigenvalue weighted by atomic mass is 10.1. The van der Waals surface area contributed by atoms with Gasteiger partial charge in [-0.2, -0.15) is 0 Å². The number of rotatable bonds is 8. The standard InChI is InChI=1S/C13H19ClN2O2S/c1-3-4-7-16(8-12(15)17)9(2)13(18)10-5-6-11(14)19-10/h5-6,9H,3-4,7-8H2,1-2H3,(H2,15,17). The average Bonchev–Trinajstić information content (AvgIpc) is 2.79. The molecule has 0 aliphatic heterocycles. The van der Waals surface area contributed by atoms with Crippen LogP contribution in [0.1, 0.15) is 36.4 Å². The zero-order chi connectivity index (χ0) is 14.4. The summed E-state index contributed by atoms with van der Waals surface area (Å²) in [5.41, 5.74) is 5.24. The van der Waals surface area contributed by atoms with Crippen LogP contribution in [-0.4, -0.2) is 35.7 Å². The number of thiophene rings is 1. The van der Waals surface area contributed by atoms with E-state index in [1.807, 2.05) is 4.90 Å². The van der Waals surface area contributed by atoms with Gasteiger partial charge in [0.2, 0.25) is 5.91 Å². The molecule has 4 nitrogen and oxygen atoms in total. The number of nitrogens with two attached hydrogens (primary N) is 1. The van der Waals surface area contributed by atoms with E-state index in [1.165, 1.54) is 11.3 Å². The van der Waals surface area contributed by atoms with Crippen LogP contribution in [0.2, 0.25) is 4.34 Å². The molecule has 1 amide bonds. The molecule has 6 heteroatoms. The van der Waals surface area contributed by atoms with Crippen LogP contribution in [0.4, 0.5) is 0 Å². The fourth-order valence-electron chi connectivity index (χ4n) is 1.79. The third-order valence-corrected chi connectivity index (χ3v) is 4.15. The largest absolute Gasteiger partial charge is 0.369 e. The maximum atomic E-state index is 12.3. The summed E-state index contributed by atoms with van der Waals surface area (Å²) in [5, 5.41) is 0. The van der Waals surface area contributed by atoms with Crippen LogP contribution < -0.4 is 5.73 Å². The Morgan fingerprint density at radius 1 is 1.47 bits per heavy atom. The maximum Gasteiger partial charge on any atom is 0.231 e. The van der Waals surface area contributed by atoms with Gasteiger partial charge < -0.3 is 5.73 Å². The van der Waals surface area contributed by atoms with E-state index in [4.69, 9.17) is 17.3 Å². The van der Waals surface area contributed by atoms with Crippen LogP contribution in [0.25, 0.3) is 0 Å². The van der Waals surface area contributed by atoms with Crippen molar-refractivity contribution in [2.24, 2.45) is 5.73 Å². The SMILES string of the molecule is CCCCN(CC(N)=O)C(C)C(=O)c1ccc(Cl)s1. The van der Waals surface area contributed by atoms with Gasteiger partial charge in [-0.15, -0.1) is 11.3 Å². The lowest BCUT2D eigenvalue weighted by molar-refractivity contribution is -0.119. The summed E-state index contributed by atoms with van der Waals surface area (Å²) in [5.74, 6) is -0.436. The van der Waals surface area contributed by atoms with Crippen molar-refractivity contribution in [3.63, 3.8) is 0 Å². The lowest BCUT2D eigenvalue weighted by Crippen LogP contribution is -2.44. The zero-order valence-corrected chi connectivity index (χ0v) is 12.8. The first kappa shape index (κ1) is 16.1. The van der Waals surface area contributed by atoms with E-state index < -0.39 is 5.91 Å². The summed E-state index contributed by atoms with van der Waals surface area (Å²) < 4.78 is 0.588. The van der Waals surface area contributed by atoms with E-state index in [1.54, 1.807) is 19.1 Å². The van der Waals surface area contributed by atoms with E-state index >= 15 is 0 Å². The number of primary amides is 1. The molecule has 1 aromatic rings. The number of halogens is 1. The molecule has 106 valence electrons. The van der Waals surface area contributed by atoms with Crippen molar-refractivity contribution in [3.8, 4) is 0 Å². The maximum absolute atomic E-state index is 12.3. The number of nitrogens with zero attached hydrogens (tertiary/aromatic N) is 1. The number of hydrogen-bond donors (Lipinski definition) is 1. The molecule has 0 saturated heterocycles. The number of carbonyl (C=O) groups is 2. The second kappa shape index (κ2) is 7.62. The Morgan fingerprint density at radius 3 is 2.63 bits per heavy atom. The minimum absolute atomic E-state index is 0.0192. The highest BCUT2D eigenvalue weighted by molar-refractivity contribution is 7.18. The molecule has 0 saturated carbocycles. The normalized spacial score (nSPS) is 12.6. The van der Waals surface area contributed by atoms with E-state index in [0.29, 0.717) is 15.8 Å². The van der Waals surface area contributed by atoms with Crippen molar-refractivity contribution in [1.29, 1.82) is 0 Å². The minimum Gasteiger partial charge on any atom is -0.369 e.